The van der Waals surface area contributed by atoms with Crippen molar-refractivity contribution in [3.8, 4) is 5.75 Å². The molecule has 1 N–H and O–H groups in total. The molecule has 1 fully saturated rings. The number of aryl methyl sites for hydroxylation is 1. The first-order chi connectivity index (χ1) is 11.7. The van der Waals surface area contributed by atoms with Gasteiger partial charge in [0, 0.05) is 38.6 Å². The lowest BCUT2D eigenvalue weighted by molar-refractivity contribution is 0.199. The largest absolute Gasteiger partial charge is 0.493 e. The second kappa shape index (κ2) is 8.32. The van der Waals surface area contributed by atoms with E-state index in [1.54, 1.807) is 0 Å². The van der Waals surface area contributed by atoms with Gasteiger partial charge in [-0.3, -0.25) is 4.90 Å². The van der Waals surface area contributed by atoms with Crippen LogP contribution in [0.25, 0.3) is 0 Å². The summed E-state index contributed by atoms with van der Waals surface area (Å²) in [4.78, 5) is 2.52. The van der Waals surface area contributed by atoms with Gasteiger partial charge in [-0.05, 0) is 37.1 Å². The second-order valence-corrected chi connectivity index (χ2v) is 6.82. The molecule has 2 aromatic rings. The zero-order valence-electron chi connectivity index (χ0n) is 14.8. The van der Waals surface area contributed by atoms with Crippen molar-refractivity contribution in [2.45, 2.75) is 32.9 Å². The first-order valence-electron chi connectivity index (χ1n) is 8.92. The van der Waals surface area contributed by atoms with Gasteiger partial charge in [-0.25, -0.2) is 0 Å². The Morgan fingerprint density at radius 1 is 1.04 bits per heavy atom. The Labute approximate surface area is 145 Å². The summed E-state index contributed by atoms with van der Waals surface area (Å²) < 4.78 is 5.81. The van der Waals surface area contributed by atoms with E-state index in [1.165, 1.54) is 16.7 Å². The molecule has 0 bridgehead atoms. The molecule has 1 saturated heterocycles. The van der Waals surface area contributed by atoms with Crippen LogP contribution < -0.4 is 10.1 Å². The first kappa shape index (κ1) is 17.0. The Morgan fingerprint density at radius 2 is 1.75 bits per heavy atom. The topological polar surface area (TPSA) is 24.5 Å². The molecule has 1 aliphatic heterocycles. The van der Waals surface area contributed by atoms with E-state index in [2.05, 4.69) is 60.5 Å². The minimum absolute atomic E-state index is 0.594. The van der Waals surface area contributed by atoms with E-state index < -0.39 is 0 Å². The standard InChI is InChI=1S/C21H28N2O/c1-17-3-9-21(10-4-17)24-14-11-19-5-7-20(8-6-19)16-23-13-12-22-18(2)15-23/h3-10,18,22H,11-16H2,1-2H3/t18-/m0/s1. The van der Waals surface area contributed by atoms with Crippen LogP contribution in [0.5, 0.6) is 5.75 Å². The van der Waals surface area contributed by atoms with Crippen LogP contribution in [0.2, 0.25) is 0 Å². The Bertz CT molecular complexity index is 621. The second-order valence-electron chi connectivity index (χ2n) is 6.82. The molecule has 0 unspecified atom stereocenters. The molecule has 2 aromatic carbocycles. The fraction of sp³-hybridized carbons (Fsp3) is 0.429. The van der Waals surface area contributed by atoms with Crippen molar-refractivity contribution < 1.29 is 4.74 Å². The van der Waals surface area contributed by atoms with Gasteiger partial charge in [0.2, 0.25) is 0 Å². The molecule has 0 radical (unpaired) electrons. The quantitative estimate of drug-likeness (QED) is 0.881. The lowest BCUT2D eigenvalue weighted by atomic mass is 10.1. The average molecular weight is 324 g/mol. The molecule has 3 nitrogen and oxygen atoms in total. The predicted molar refractivity (Wildman–Crippen MR) is 99.6 cm³/mol. The van der Waals surface area contributed by atoms with Crippen molar-refractivity contribution in [1.29, 1.82) is 0 Å². The Kier molecular flexibility index (Phi) is 5.89. The Hall–Kier alpha value is -1.84. The van der Waals surface area contributed by atoms with Crippen molar-refractivity contribution in [3.63, 3.8) is 0 Å². The van der Waals surface area contributed by atoms with Crippen molar-refractivity contribution in [2.24, 2.45) is 0 Å². The first-order valence-corrected chi connectivity index (χ1v) is 8.92. The van der Waals surface area contributed by atoms with Gasteiger partial charge in [-0.15, -0.1) is 0 Å². The Balaban J connectivity index is 1.45. The summed E-state index contributed by atoms with van der Waals surface area (Å²) in [5.41, 5.74) is 3.99. The van der Waals surface area contributed by atoms with E-state index in [0.29, 0.717) is 6.04 Å². The number of hydrogen-bond donors (Lipinski definition) is 1. The highest BCUT2D eigenvalue weighted by Crippen LogP contribution is 2.13. The number of nitrogens with zero attached hydrogens (tertiary/aromatic N) is 1. The number of piperazine rings is 1. The fourth-order valence-electron chi connectivity index (χ4n) is 3.15. The molecule has 1 atom stereocenters. The Morgan fingerprint density at radius 3 is 2.46 bits per heavy atom. The summed E-state index contributed by atoms with van der Waals surface area (Å²) >= 11 is 0. The normalized spacial score (nSPS) is 18.5. The zero-order valence-corrected chi connectivity index (χ0v) is 14.8. The highest BCUT2D eigenvalue weighted by Gasteiger charge is 2.15. The molecule has 3 rings (SSSR count). The van der Waals surface area contributed by atoms with Crippen LogP contribution in [0.15, 0.2) is 48.5 Å². The summed E-state index contributed by atoms with van der Waals surface area (Å²) in [6, 6.07) is 17.8. The number of ether oxygens (including phenoxy) is 1. The van der Waals surface area contributed by atoms with E-state index in [0.717, 1.165) is 45.0 Å². The van der Waals surface area contributed by atoms with Gasteiger partial charge < -0.3 is 10.1 Å². The zero-order chi connectivity index (χ0) is 16.8. The average Bonchev–Trinajstić information content (AvgIpc) is 2.58. The van der Waals surface area contributed by atoms with Crippen molar-refractivity contribution >= 4 is 0 Å². The van der Waals surface area contributed by atoms with Crippen LogP contribution in [0, 0.1) is 6.92 Å². The number of benzene rings is 2. The number of hydrogen-bond acceptors (Lipinski definition) is 3. The fourth-order valence-corrected chi connectivity index (χ4v) is 3.15. The third-order valence-electron chi connectivity index (χ3n) is 4.56. The van der Waals surface area contributed by atoms with E-state index in [4.69, 9.17) is 4.74 Å². The van der Waals surface area contributed by atoms with Crippen LogP contribution in [-0.2, 0) is 13.0 Å². The highest BCUT2D eigenvalue weighted by molar-refractivity contribution is 5.27. The molecule has 24 heavy (non-hydrogen) atoms. The van der Waals surface area contributed by atoms with Gasteiger partial charge >= 0.3 is 0 Å². The monoisotopic (exact) mass is 324 g/mol. The minimum Gasteiger partial charge on any atom is -0.493 e. The van der Waals surface area contributed by atoms with Crippen LogP contribution in [-0.4, -0.2) is 37.2 Å². The number of nitrogens with one attached hydrogen (secondary N) is 1. The summed E-state index contributed by atoms with van der Waals surface area (Å²) in [6.07, 6.45) is 0.943. The van der Waals surface area contributed by atoms with Gasteiger partial charge in [-0.1, -0.05) is 42.0 Å². The van der Waals surface area contributed by atoms with Gasteiger partial charge in [0.05, 0.1) is 6.61 Å². The lowest BCUT2D eigenvalue weighted by Crippen LogP contribution is -2.48. The smallest absolute Gasteiger partial charge is 0.119 e. The predicted octanol–water partition coefficient (Wildman–Crippen LogP) is 3.41. The van der Waals surface area contributed by atoms with Gasteiger partial charge in [-0.2, -0.15) is 0 Å². The summed E-state index contributed by atoms with van der Waals surface area (Å²) in [5, 5.41) is 3.49. The van der Waals surface area contributed by atoms with Crippen molar-refractivity contribution in [1.82, 2.24) is 10.2 Å². The molecule has 1 heterocycles. The summed E-state index contributed by atoms with van der Waals surface area (Å²) in [6.45, 7) is 9.47. The van der Waals surface area contributed by atoms with Crippen LogP contribution in [0.3, 0.4) is 0 Å². The van der Waals surface area contributed by atoms with E-state index in [-0.39, 0.29) is 0 Å². The van der Waals surface area contributed by atoms with E-state index >= 15 is 0 Å². The number of rotatable bonds is 6. The van der Waals surface area contributed by atoms with Crippen LogP contribution in [0.1, 0.15) is 23.6 Å². The van der Waals surface area contributed by atoms with Crippen LogP contribution in [0.4, 0.5) is 0 Å². The molecule has 1 aliphatic rings. The van der Waals surface area contributed by atoms with E-state index in [1.807, 2.05) is 12.1 Å². The SMILES string of the molecule is Cc1ccc(OCCc2ccc(CN3CCN[C@@H](C)C3)cc2)cc1. The minimum atomic E-state index is 0.594. The molecule has 128 valence electrons. The molecule has 0 amide bonds. The van der Waals surface area contributed by atoms with Crippen LogP contribution >= 0.6 is 0 Å². The molecule has 0 spiro atoms. The van der Waals surface area contributed by atoms with Gasteiger partial charge in [0.25, 0.3) is 0 Å². The van der Waals surface area contributed by atoms with Gasteiger partial charge in [0.15, 0.2) is 0 Å². The van der Waals surface area contributed by atoms with Gasteiger partial charge in [0.1, 0.15) is 5.75 Å². The maximum atomic E-state index is 5.81. The van der Waals surface area contributed by atoms with E-state index in [9.17, 15) is 0 Å². The molecule has 3 heteroatoms. The molecule has 0 aliphatic carbocycles. The molecule has 0 aromatic heterocycles. The lowest BCUT2D eigenvalue weighted by Gasteiger charge is -2.31. The third kappa shape index (κ3) is 5.08. The molecular weight excluding hydrogens is 296 g/mol. The highest BCUT2D eigenvalue weighted by atomic mass is 16.5. The molecular formula is C21H28N2O. The maximum absolute atomic E-state index is 5.81. The maximum Gasteiger partial charge on any atom is 0.119 e. The van der Waals surface area contributed by atoms with Crippen molar-refractivity contribution in [3.05, 3.63) is 65.2 Å². The summed E-state index contributed by atoms with van der Waals surface area (Å²) in [5.74, 6) is 0.949. The van der Waals surface area contributed by atoms with Crippen molar-refractivity contribution in [2.75, 3.05) is 26.2 Å². The summed E-state index contributed by atoms with van der Waals surface area (Å²) in [7, 11) is 0. The third-order valence-corrected chi connectivity index (χ3v) is 4.56. The molecule has 0 saturated carbocycles.